The van der Waals surface area contributed by atoms with Gasteiger partial charge < -0.3 is 5.32 Å². The van der Waals surface area contributed by atoms with Gasteiger partial charge in [-0.15, -0.1) is 0 Å². The van der Waals surface area contributed by atoms with Crippen LogP contribution in [-0.2, 0) is 0 Å². The first-order valence-electron chi connectivity index (χ1n) is 3.18. The van der Waals surface area contributed by atoms with E-state index in [-0.39, 0.29) is 11.5 Å². The standard InChI is InChI=1S/C7H9F2N/c1-10-7-5(8)3-2-4-6(7)9/h3,10H,2,4H2,1H3. The number of halogens is 2. The van der Waals surface area contributed by atoms with E-state index in [2.05, 4.69) is 5.32 Å². The van der Waals surface area contributed by atoms with Crippen LogP contribution in [0.3, 0.4) is 0 Å². The molecule has 0 saturated heterocycles. The summed E-state index contributed by atoms with van der Waals surface area (Å²) in [6.45, 7) is 0. The van der Waals surface area contributed by atoms with Crippen molar-refractivity contribution in [3.63, 3.8) is 0 Å². The van der Waals surface area contributed by atoms with Gasteiger partial charge in [-0.3, -0.25) is 0 Å². The molecule has 1 aliphatic rings. The van der Waals surface area contributed by atoms with E-state index in [1.54, 1.807) is 0 Å². The number of allylic oxidation sites excluding steroid dienone is 3. The maximum atomic E-state index is 12.6. The molecule has 0 amide bonds. The Balaban J connectivity index is 2.87. The molecule has 56 valence electrons. The lowest BCUT2D eigenvalue weighted by molar-refractivity contribution is 0.525. The summed E-state index contributed by atoms with van der Waals surface area (Å²) in [6, 6.07) is 0. The third-order valence-corrected chi connectivity index (χ3v) is 1.45. The van der Waals surface area contributed by atoms with E-state index in [1.807, 2.05) is 0 Å². The topological polar surface area (TPSA) is 12.0 Å². The van der Waals surface area contributed by atoms with Crippen molar-refractivity contribution in [2.75, 3.05) is 7.05 Å². The SMILES string of the molecule is CNC1=C(F)CCC=C1F. The minimum absolute atomic E-state index is 0.00579. The van der Waals surface area contributed by atoms with Gasteiger partial charge in [0.05, 0.1) is 0 Å². The summed E-state index contributed by atoms with van der Waals surface area (Å²) in [6.07, 6.45) is 2.15. The van der Waals surface area contributed by atoms with Crippen molar-refractivity contribution >= 4 is 0 Å². The number of hydrogen-bond acceptors (Lipinski definition) is 1. The summed E-state index contributed by atoms with van der Waals surface area (Å²) in [7, 11) is 1.51. The van der Waals surface area contributed by atoms with Gasteiger partial charge in [0, 0.05) is 13.5 Å². The van der Waals surface area contributed by atoms with E-state index in [0.717, 1.165) is 0 Å². The molecular formula is C7H9F2N. The van der Waals surface area contributed by atoms with Gasteiger partial charge >= 0.3 is 0 Å². The van der Waals surface area contributed by atoms with Gasteiger partial charge in [0.1, 0.15) is 17.4 Å². The smallest absolute Gasteiger partial charge is 0.144 e. The van der Waals surface area contributed by atoms with Crippen molar-refractivity contribution in [1.82, 2.24) is 5.32 Å². The van der Waals surface area contributed by atoms with Gasteiger partial charge in [-0.2, -0.15) is 0 Å². The van der Waals surface area contributed by atoms with Crippen LogP contribution in [-0.4, -0.2) is 7.05 Å². The van der Waals surface area contributed by atoms with Crippen molar-refractivity contribution < 1.29 is 8.78 Å². The molecule has 0 bridgehead atoms. The summed E-state index contributed by atoms with van der Waals surface area (Å²) in [4.78, 5) is 0. The maximum absolute atomic E-state index is 12.6. The third-order valence-electron chi connectivity index (χ3n) is 1.45. The third kappa shape index (κ3) is 1.17. The molecule has 0 spiro atoms. The second kappa shape index (κ2) is 2.82. The Morgan fingerprint density at radius 3 is 2.60 bits per heavy atom. The first kappa shape index (κ1) is 7.25. The number of rotatable bonds is 1. The zero-order chi connectivity index (χ0) is 7.56. The summed E-state index contributed by atoms with van der Waals surface area (Å²) < 4.78 is 25.2. The number of nitrogens with one attached hydrogen (secondary N) is 1. The van der Waals surface area contributed by atoms with Crippen molar-refractivity contribution in [3.8, 4) is 0 Å². The largest absolute Gasteiger partial charge is 0.384 e. The molecule has 0 aliphatic heterocycles. The van der Waals surface area contributed by atoms with Crippen LogP contribution in [0, 0.1) is 0 Å². The highest BCUT2D eigenvalue weighted by Gasteiger charge is 2.13. The van der Waals surface area contributed by atoms with Crippen LogP contribution in [0.4, 0.5) is 8.78 Å². The van der Waals surface area contributed by atoms with Crippen molar-refractivity contribution in [2.24, 2.45) is 0 Å². The number of hydrogen-bond donors (Lipinski definition) is 1. The van der Waals surface area contributed by atoms with E-state index >= 15 is 0 Å². The Kier molecular flexibility index (Phi) is 2.04. The van der Waals surface area contributed by atoms with Gasteiger partial charge in [-0.25, -0.2) is 8.78 Å². The van der Waals surface area contributed by atoms with E-state index in [0.29, 0.717) is 12.8 Å². The first-order chi connectivity index (χ1) is 4.75. The van der Waals surface area contributed by atoms with Gasteiger partial charge in [0.15, 0.2) is 0 Å². The molecule has 0 atom stereocenters. The molecule has 1 rings (SSSR count). The minimum Gasteiger partial charge on any atom is -0.384 e. The highest BCUT2D eigenvalue weighted by molar-refractivity contribution is 5.29. The number of likely N-dealkylation sites (N-methyl/N-ethyl adjacent to an activating group) is 1. The Hall–Kier alpha value is -0.860. The first-order valence-corrected chi connectivity index (χ1v) is 3.18. The molecule has 0 aromatic heterocycles. The van der Waals surface area contributed by atoms with Crippen LogP contribution in [0.2, 0.25) is 0 Å². The average Bonchev–Trinajstić information content (AvgIpc) is 1.88. The fraction of sp³-hybridized carbons (Fsp3) is 0.429. The Morgan fingerprint density at radius 2 is 2.20 bits per heavy atom. The second-order valence-electron chi connectivity index (χ2n) is 2.12. The minimum atomic E-state index is -0.480. The van der Waals surface area contributed by atoms with Crippen LogP contribution in [0.1, 0.15) is 12.8 Å². The Labute approximate surface area is 58.4 Å². The second-order valence-corrected chi connectivity index (χ2v) is 2.12. The molecule has 0 fully saturated rings. The lowest BCUT2D eigenvalue weighted by Gasteiger charge is -2.10. The molecule has 1 nitrogen and oxygen atoms in total. The van der Waals surface area contributed by atoms with E-state index in [4.69, 9.17) is 0 Å². The average molecular weight is 145 g/mol. The summed E-state index contributed by atoms with van der Waals surface area (Å²) in [5.74, 6) is -0.867. The van der Waals surface area contributed by atoms with Crippen LogP contribution >= 0.6 is 0 Å². The molecule has 0 unspecified atom stereocenters. The lowest BCUT2D eigenvalue weighted by atomic mass is 10.1. The zero-order valence-electron chi connectivity index (χ0n) is 5.75. The molecule has 0 aromatic rings. The molecule has 10 heavy (non-hydrogen) atoms. The van der Waals surface area contributed by atoms with Crippen LogP contribution in [0.5, 0.6) is 0 Å². The maximum Gasteiger partial charge on any atom is 0.144 e. The van der Waals surface area contributed by atoms with E-state index in [1.165, 1.54) is 13.1 Å². The van der Waals surface area contributed by atoms with E-state index < -0.39 is 5.83 Å². The Bertz CT molecular complexity index is 194. The summed E-state index contributed by atoms with van der Waals surface area (Å²) >= 11 is 0. The highest BCUT2D eigenvalue weighted by atomic mass is 19.1. The van der Waals surface area contributed by atoms with E-state index in [9.17, 15) is 8.78 Å². The Morgan fingerprint density at radius 1 is 1.50 bits per heavy atom. The van der Waals surface area contributed by atoms with Crippen molar-refractivity contribution in [2.45, 2.75) is 12.8 Å². The molecular weight excluding hydrogens is 136 g/mol. The molecule has 0 heterocycles. The predicted octanol–water partition coefficient (Wildman–Crippen LogP) is 2.03. The monoisotopic (exact) mass is 145 g/mol. The van der Waals surface area contributed by atoms with Crippen molar-refractivity contribution in [3.05, 3.63) is 23.4 Å². The molecule has 1 N–H and O–H groups in total. The van der Waals surface area contributed by atoms with Gasteiger partial charge in [-0.1, -0.05) is 0 Å². The zero-order valence-corrected chi connectivity index (χ0v) is 5.75. The molecule has 0 saturated carbocycles. The van der Waals surface area contributed by atoms with Gasteiger partial charge in [0.25, 0.3) is 0 Å². The van der Waals surface area contributed by atoms with Gasteiger partial charge in [-0.05, 0) is 12.5 Å². The summed E-state index contributed by atoms with van der Waals surface area (Å²) in [5, 5.41) is 2.46. The van der Waals surface area contributed by atoms with Crippen LogP contribution in [0.15, 0.2) is 23.4 Å². The van der Waals surface area contributed by atoms with Crippen LogP contribution < -0.4 is 5.32 Å². The highest BCUT2D eigenvalue weighted by Crippen LogP contribution is 2.24. The molecule has 0 aromatic carbocycles. The summed E-state index contributed by atoms with van der Waals surface area (Å²) in [5.41, 5.74) is 0.00579. The normalized spacial score (nSPS) is 18.9. The van der Waals surface area contributed by atoms with Gasteiger partial charge in [0.2, 0.25) is 0 Å². The molecule has 1 aliphatic carbocycles. The fourth-order valence-corrected chi connectivity index (χ4v) is 0.937. The molecule has 3 heteroatoms. The lowest BCUT2D eigenvalue weighted by Crippen LogP contribution is -2.10. The fourth-order valence-electron chi connectivity index (χ4n) is 0.937. The molecule has 0 radical (unpaired) electrons. The predicted molar refractivity (Wildman–Crippen MR) is 35.6 cm³/mol. The van der Waals surface area contributed by atoms with Crippen LogP contribution in [0.25, 0.3) is 0 Å². The van der Waals surface area contributed by atoms with Crippen molar-refractivity contribution in [1.29, 1.82) is 0 Å². The quantitative estimate of drug-likeness (QED) is 0.595.